The number of H-pyrrole nitrogens is 1. The largest absolute Gasteiger partial charge is 0.349 e. The van der Waals surface area contributed by atoms with Gasteiger partial charge in [-0.2, -0.15) is 0 Å². The van der Waals surface area contributed by atoms with Crippen LogP contribution >= 0.6 is 22.6 Å². The zero-order chi connectivity index (χ0) is 13.9. The molecule has 1 atom stereocenters. The van der Waals surface area contributed by atoms with Crippen molar-refractivity contribution < 1.29 is 4.79 Å². The van der Waals surface area contributed by atoms with Gasteiger partial charge in [0.25, 0.3) is 11.5 Å². The lowest BCUT2D eigenvalue weighted by Crippen LogP contribution is -2.38. The second kappa shape index (κ2) is 6.36. The van der Waals surface area contributed by atoms with Crippen molar-refractivity contribution in [3.8, 4) is 0 Å². The zero-order valence-electron chi connectivity index (χ0n) is 11.1. The van der Waals surface area contributed by atoms with Crippen LogP contribution in [0.25, 0.3) is 0 Å². The first-order chi connectivity index (χ1) is 8.36. The predicted molar refractivity (Wildman–Crippen MR) is 80.9 cm³/mol. The fourth-order valence-corrected chi connectivity index (χ4v) is 2.25. The Morgan fingerprint density at radius 3 is 2.56 bits per heavy atom. The van der Waals surface area contributed by atoms with Crippen LogP contribution < -0.4 is 10.9 Å². The fourth-order valence-electron chi connectivity index (χ4n) is 1.42. The smallest absolute Gasteiger partial charge is 0.261 e. The molecule has 0 unspecified atom stereocenters. The summed E-state index contributed by atoms with van der Waals surface area (Å²) >= 11 is 2.13. The number of hydrogen-bond acceptors (Lipinski definition) is 2. The second-order valence-corrected chi connectivity index (χ2v) is 5.86. The summed E-state index contributed by atoms with van der Waals surface area (Å²) in [4.78, 5) is 26.6. The van der Waals surface area contributed by atoms with Crippen LogP contribution in [-0.2, 0) is 6.42 Å². The standard InChI is InChI=1S/C13H19IN2O2/c1-5-11-10(14)6-9(13(18)16-11)12(17)15-8(4)7(2)3/h6-8H,5H2,1-4H3,(H,15,17)(H,16,18)/t8-/m1/s1. The van der Waals surface area contributed by atoms with E-state index in [1.54, 1.807) is 6.07 Å². The van der Waals surface area contributed by atoms with E-state index in [1.165, 1.54) is 0 Å². The Balaban J connectivity index is 3.00. The summed E-state index contributed by atoms with van der Waals surface area (Å²) in [6.07, 6.45) is 0.748. The van der Waals surface area contributed by atoms with E-state index in [9.17, 15) is 9.59 Å². The molecule has 18 heavy (non-hydrogen) atoms. The van der Waals surface area contributed by atoms with Crippen molar-refractivity contribution in [2.75, 3.05) is 0 Å². The zero-order valence-corrected chi connectivity index (χ0v) is 13.3. The highest BCUT2D eigenvalue weighted by Gasteiger charge is 2.16. The van der Waals surface area contributed by atoms with Crippen molar-refractivity contribution in [3.05, 3.63) is 31.2 Å². The van der Waals surface area contributed by atoms with Crippen LogP contribution in [0.1, 0.15) is 43.7 Å². The molecule has 1 amide bonds. The number of nitrogens with one attached hydrogen (secondary N) is 2. The van der Waals surface area contributed by atoms with Gasteiger partial charge < -0.3 is 10.3 Å². The number of pyridine rings is 1. The molecule has 5 heteroatoms. The number of aromatic amines is 1. The van der Waals surface area contributed by atoms with Gasteiger partial charge in [-0.25, -0.2) is 0 Å². The summed E-state index contributed by atoms with van der Waals surface area (Å²) < 4.78 is 0.914. The lowest BCUT2D eigenvalue weighted by Gasteiger charge is -2.17. The van der Waals surface area contributed by atoms with Gasteiger partial charge >= 0.3 is 0 Å². The molecular weight excluding hydrogens is 343 g/mol. The third-order valence-corrected chi connectivity index (χ3v) is 3.99. The molecule has 0 aromatic carbocycles. The summed E-state index contributed by atoms with van der Waals surface area (Å²) in [7, 11) is 0. The monoisotopic (exact) mass is 362 g/mol. The molecule has 0 aliphatic heterocycles. The first-order valence-electron chi connectivity index (χ1n) is 6.09. The van der Waals surface area contributed by atoms with Gasteiger partial charge in [0.1, 0.15) is 5.56 Å². The number of aryl methyl sites for hydroxylation is 1. The Morgan fingerprint density at radius 2 is 2.06 bits per heavy atom. The Bertz CT molecular complexity index is 494. The fraction of sp³-hybridized carbons (Fsp3) is 0.538. The number of carbonyl (C=O) groups excluding carboxylic acids is 1. The maximum atomic E-state index is 12.0. The molecule has 0 aliphatic rings. The van der Waals surface area contributed by atoms with Crippen molar-refractivity contribution in [1.82, 2.24) is 10.3 Å². The summed E-state index contributed by atoms with van der Waals surface area (Å²) in [5.74, 6) is 0.0278. The van der Waals surface area contributed by atoms with Crippen LogP contribution in [-0.4, -0.2) is 16.9 Å². The van der Waals surface area contributed by atoms with Crippen molar-refractivity contribution in [3.63, 3.8) is 0 Å². The average molecular weight is 362 g/mol. The molecular formula is C13H19IN2O2. The van der Waals surface area contributed by atoms with Crippen LogP contribution in [0, 0.1) is 9.49 Å². The van der Waals surface area contributed by atoms with Gasteiger partial charge in [-0.3, -0.25) is 9.59 Å². The van der Waals surface area contributed by atoms with E-state index in [0.29, 0.717) is 5.92 Å². The van der Waals surface area contributed by atoms with E-state index in [1.807, 2.05) is 27.7 Å². The summed E-state index contributed by atoms with van der Waals surface area (Å²) in [6.45, 7) is 7.95. The molecule has 100 valence electrons. The SMILES string of the molecule is CCc1[nH]c(=O)c(C(=O)N[C@H](C)C(C)C)cc1I. The van der Waals surface area contributed by atoms with Crippen molar-refractivity contribution in [2.24, 2.45) is 5.92 Å². The van der Waals surface area contributed by atoms with Crippen molar-refractivity contribution >= 4 is 28.5 Å². The number of halogens is 1. The van der Waals surface area contributed by atoms with Crippen LogP contribution in [0.2, 0.25) is 0 Å². The highest BCUT2D eigenvalue weighted by atomic mass is 127. The predicted octanol–water partition coefficient (Wildman–Crippen LogP) is 2.32. The van der Waals surface area contributed by atoms with Crippen molar-refractivity contribution in [1.29, 1.82) is 0 Å². The van der Waals surface area contributed by atoms with E-state index in [0.717, 1.165) is 15.7 Å². The third-order valence-electron chi connectivity index (χ3n) is 3.03. The van der Waals surface area contributed by atoms with Gasteiger partial charge in [-0.15, -0.1) is 0 Å². The maximum absolute atomic E-state index is 12.0. The first kappa shape index (κ1) is 15.2. The third kappa shape index (κ3) is 3.57. The summed E-state index contributed by atoms with van der Waals surface area (Å²) in [5.41, 5.74) is 0.735. The highest BCUT2D eigenvalue weighted by molar-refractivity contribution is 14.1. The molecule has 1 rings (SSSR count). The minimum Gasteiger partial charge on any atom is -0.349 e. The molecule has 0 spiro atoms. The molecule has 2 N–H and O–H groups in total. The van der Waals surface area contributed by atoms with Crippen LogP contribution in [0.3, 0.4) is 0 Å². The van der Waals surface area contributed by atoms with Crippen LogP contribution in [0.4, 0.5) is 0 Å². The molecule has 1 heterocycles. The van der Waals surface area contributed by atoms with Crippen molar-refractivity contribution in [2.45, 2.75) is 40.2 Å². The Morgan fingerprint density at radius 1 is 1.44 bits per heavy atom. The van der Waals surface area contributed by atoms with Gasteiger partial charge in [0.05, 0.1) is 0 Å². The number of hydrogen-bond donors (Lipinski definition) is 2. The first-order valence-corrected chi connectivity index (χ1v) is 7.17. The van der Waals surface area contributed by atoms with Crippen LogP contribution in [0.15, 0.2) is 10.9 Å². The number of amides is 1. The Kier molecular flexibility index (Phi) is 5.37. The van der Waals surface area contributed by atoms with E-state index < -0.39 is 0 Å². The lowest BCUT2D eigenvalue weighted by atomic mass is 10.1. The Labute approximate surface area is 121 Å². The van der Waals surface area contributed by atoms with Gasteiger partial charge in [0.15, 0.2) is 0 Å². The molecule has 1 aromatic rings. The number of rotatable bonds is 4. The topological polar surface area (TPSA) is 62.0 Å². The average Bonchev–Trinajstić information content (AvgIpc) is 2.31. The molecule has 0 aliphatic carbocycles. The van der Waals surface area contributed by atoms with E-state index >= 15 is 0 Å². The minimum absolute atomic E-state index is 0.0420. The van der Waals surface area contributed by atoms with Gasteiger partial charge in [0.2, 0.25) is 0 Å². The molecule has 0 radical (unpaired) electrons. The number of carbonyl (C=O) groups is 1. The van der Waals surface area contributed by atoms with E-state index in [-0.39, 0.29) is 23.1 Å². The summed E-state index contributed by atoms with van der Waals surface area (Å²) in [6, 6.07) is 1.70. The van der Waals surface area contributed by atoms with E-state index in [2.05, 4.69) is 32.9 Å². The number of aromatic nitrogens is 1. The van der Waals surface area contributed by atoms with E-state index in [4.69, 9.17) is 0 Å². The Hall–Kier alpha value is -0.850. The maximum Gasteiger partial charge on any atom is 0.261 e. The second-order valence-electron chi connectivity index (χ2n) is 4.70. The van der Waals surface area contributed by atoms with Gasteiger partial charge in [0, 0.05) is 15.3 Å². The molecule has 0 fully saturated rings. The highest BCUT2D eigenvalue weighted by Crippen LogP contribution is 2.10. The van der Waals surface area contributed by atoms with Crippen LogP contribution in [0.5, 0.6) is 0 Å². The quantitative estimate of drug-likeness (QED) is 0.808. The molecule has 0 saturated heterocycles. The molecule has 1 aromatic heterocycles. The van der Waals surface area contributed by atoms with Gasteiger partial charge in [-0.1, -0.05) is 20.8 Å². The molecule has 0 bridgehead atoms. The molecule has 4 nitrogen and oxygen atoms in total. The molecule has 0 saturated carbocycles. The van der Waals surface area contributed by atoms with Gasteiger partial charge in [-0.05, 0) is 47.9 Å². The summed E-state index contributed by atoms with van der Waals surface area (Å²) in [5, 5.41) is 2.84. The normalized spacial score (nSPS) is 12.6. The minimum atomic E-state index is -0.319. The lowest BCUT2D eigenvalue weighted by molar-refractivity contribution is 0.0929.